The Morgan fingerprint density at radius 1 is 1.35 bits per heavy atom. The van der Waals surface area contributed by atoms with Crippen LogP contribution in [0.1, 0.15) is 48.2 Å². The number of aryl methyl sites for hydroxylation is 2. The number of aliphatic hydroxyl groups is 1. The number of hydrogen-bond donors (Lipinski definition) is 1. The number of aromatic nitrogens is 2. The van der Waals surface area contributed by atoms with Crippen LogP contribution < -0.4 is 0 Å². The summed E-state index contributed by atoms with van der Waals surface area (Å²) in [5.41, 5.74) is 1.49. The lowest BCUT2D eigenvalue weighted by Crippen LogP contribution is -2.42. The fourth-order valence-electron chi connectivity index (χ4n) is 3.87. The zero-order chi connectivity index (χ0) is 14.3. The van der Waals surface area contributed by atoms with E-state index in [4.69, 9.17) is 0 Å². The number of nitrogens with zero attached hydrogens (tertiary/aromatic N) is 3. The minimum Gasteiger partial charge on any atom is -0.393 e. The molecule has 1 aromatic heterocycles. The lowest BCUT2D eigenvalue weighted by atomic mass is 9.93. The first-order valence-corrected chi connectivity index (χ1v) is 7.57. The molecule has 1 saturated carbocycles. The number of amides is 1. The van der Waals surface area contributed by atoms with E-state index >= 15 is 0 Å². The summed E-state index contributed by atoms with van der Waals surface area (Å²) in [6, 6.07) is 0.208. The van der Waals surface area contributed by atoms with Gasteiger partial charge in [-0.25, -0.2) is 0 Å². The molecule has 1 saturated heterocycles. The largest absolute Gasteiger partial charge is 0.393 e. The van der Waals surface area contributed by atoms with Gasteiger partial charge in [0.05, 0.1) is 17.4 Å². The number of aliphatic hydroxyl groups excluding tert-OH is 1. The molecule has 2 heterocycles. The van der Waals surface area contributed by atoms with Gasteiger partial charge >= 0.3 is 0 Å². The third-order valence-electron chi connectivity index (χ3n) is 4.83. The molecule has 1 amide bonds. The van der Waals surface area contributed by atoms with Crippen molar-refractivity contribution < 1.29 is 9.90 Å². The van der Waals surface area contributed by atoms with Crippen molar-refractivity contribution in [3.05, 3.63) is 17.5 Å². The van der Waals surface area contributed by atoms with E-state index in [0.29, 0.717) is 5.56 Å². The van der Waals surface area contributed by atoms with Gasteiger partial charge in [-0.15, -0.1) is 0 Å². The second-order valence-electron chi connectivity index (χ2n) is 6.17. The van der Waals surface area contributed by atoms with Crippen molar-refractivity contribution in [2.75, 3.05) is 6.54 Å². The first-order valence-electron chi connectivity index (χ1n) is 7.57. The smallest absolute Gasteiger partial charge is 0.257 e. The summed E-state index contributed by atoms with van der Waals surface area (Å²) in [6.45, 7) is 2.68. The van der Waals surface area contributed by atoms with Gasteiger partial charge in [-0.1, -0.05) is 6.42 Å². The summed E-state index contributed by atoms with van der Waals surface area (Å²) in [5, 5.41) is 14.4. The molecule has 3 rings (SSSR count). The summed E-state index contributed by atoms with van der Waals surface area (Å²) in [5.74, 6) is 0.343. The average molecular weight is 277 g/mol. The van der Waals surface area contributed by atoms with Crippen LogP contribution in [0.25, 0.3) is 0 Å². The van der Waals surface area contributed by atoms with Crippen LogP contribution in [0, 0.1) is 12.8 Å². The molecule has 3 unspecified atom stereocenters. The van der Waals surface area contributed by atoms with Crippen LogP contribution in [0.15, 0.2) is 6.20 Å². The van der Waals surface area contributed by atoms with Gasteiger partial charge in [0.2, 0.25) is 0 Å². The minimum absolute atomic E-state index is 0.0807. The Morgan fingerprint density at radius 3 is 2.75 bits per heavy atom. The third kappa shape index (κ3) is 2.24. The first-order chi connectivity index (χ1) is 9.58. The number of carbonyl (C=O) groups excluding carboxylic acids is 1. The Bertz CT molecular complexity index is 511. The van der Waals surface area contributed by atoms with Gasteiger partial charge in [0.15, 0.2) is 0 Å². The van der Waals surface area contributed by atoms with E-state index in [-0.39, 0.29) is 24.0 Å². The van der Waals surface area contributed by atoms with Crippen molar-refractivity contribution in [3.63, 3.8) is 0 Å². The van der Waals surface area contributed by atoms with Crippen molar-refractivity contribution in [3.8, 4) is 0 Å². The lowest BCUT2D eigenvalue weighted by molar-refractivity contribution is 0.0527. The van der Waals surface area contributed by atoms with Crippen molar-refractivity contribution in [1.82, 2.24) is 14.7 Å². The summed E-state index contributed by atoms with van der Waals surface area (Å²) in [7, 11) is 1.84. The number of carbonyl (C=O) groups is 1. The minimum atomic E-state index is -0.233. The van der Waals surface area contributed by atoms with Crippen LogP contribution in [-0.4, -0.2) is 44.4 Å². The molecular formula is C15H23N3O2. The van der Waals surface area contributed by atoms with Gasteiger partial charge in [0, 0.05) is 31.7 Å². The fraction of sp³-hybridized carbons (Fsp3) is 0.733. The Labute approximate surface area is 119 Å². The van der Waals surface area contributed by atoms with E-state index in [1.54, 1.807) is 10.9 Å². The standard InChI is InChI=1S/C15H23N3O2/c1-10-12(9-17(2)16-10)15(20)18-8-4-6-13(18)11-5-3-7-14(11)19/h9,11,13-14,19H,3-8H2,1-2H3. The molecule has 0 spiro atoms. The van der Waals surface area contributed by atoms with Crippen LogP contribution in [0.2, 0.25) is 0 Å². The van der Waals surface area contributed by atoms with Gasteiger partial charge in [0.25, 0.3) is 5.91 Å². The first kappa shape index (κ1) is 13.6. The van der Waals surface area contributed by atoms with E-state index in [1.165, 1.54) is 0 Å². The second kappa shape index (κ2) is 5.20. The molecule has 5 nitrogen and oxygen atoms in total. The van der Waals surface area contributed by atoms with Crippen molar-refractivity contribution >= 4 is 5.91 Å². The summed E-state index contributed by atoms with van der Waals surface area (Å²) < 4.78 is 1.69. The van der Waals surface area contributed by atoms with E-state index in [9.17, 15) is 9.90 Å². The van der Waals surface area contributed by atoms with E-state index in [2.05, 4.69) is 5.10 Å². The average Bonchev–Trinajstić information content (AvgIpc) is 3.08. The molecule has 1 N–H and O–H groups in total. The molecule has 3 atom stereocenters. The van der Waals surface area contributed by atoms with Crippen molar-refractivity contribution in [2.45, 2.75) is 51.2 Å². The molecule has 2 fully saturated rings. The molecule has 2 aliphatic rings. The van der Waals surface area contributed by atoms with Crippen molar-refractivity contribution in [2.24, 2.45) is 13.0 Å². The summed E-state index contributed by atoms with van der Waals surface area (Å²) in [4.78, 5) is 14.7. The molecule has 1 aliphatic heterocycles. The normalized spacial score (nSPS) is 30.1. The Balaban J connectivity index is 1.81. The molecule has 0 radical (unpaired) electrons. The van der Waals surface area contributed by atoms with Gasteiger partial charge < -0.3 is 10.0 Å². The van der Waals surface area contributed by atoms with Gasteiger partial charge in [-0.2, -0.15) is 5.10 Å². The lowest BCUT2D eigenvalue weighted by Gasteiger charge is -2.31. The highest BCUT2D eigenvalue weighted by Gasteiger charge is 2.40. The third-order valence-corrected chi connectivity index (χ3v) is 4.83. The Hall–Kier alpha value is -1.36. The number of rotatable bonds is 2. The predicted molar refractivity (Wildman–Crippen MR) is 75.4 cm³/mol. The molecule has 1 aliphatic carbocycles. The maximum atomic E-state index is 12.7. The van der Waals surface area contributed by atoms with Gasteiger partial charge in [0.1, 0.15) is 0 Å². The molecule has 0 bridgehead atoms. The molecule has 1 aromatic rings. The zero-order valence-electron chi connectivity index (χ0n) is 12.2. The van der Waals surface area contributed by atoms with Gasteiger partial charge in [-0.05, 0) is 32.6 Å². The highest BCUT2D eigenvalue weighted by Crippen LogP contribution is 2.36. The second-order valence-corrected chi connectivity index (χ2v) is 6.17. The molecule has 0 aromatic carbocycles. The number of likely N-dealkylation sites (tertiary alicyclic amines) is 1. The van der Waals surface area contributed by atoms with E-state index in [1.807, 2.05) is 18.9 Å². The molecular weight excluding hydrogens is 254 g/mol. The molecule has 20 heavy (non-hydrogen) atoms. The highest BCUT2D eigenvalue weighted by molar-refractivity contribution is 5.95. The van der Waals surface area contributed by atoms with Crippen molar-refractivity contribution in [1.29, 1.82) is 0 Å². The Morgan fingerprint density at radius 2 is 2.15 bits per heavy atom. The number of hydrogen-bond acceptors (Lipinski definition) is 3. The highest BCUT2D eigenvalue weighted by atomic mass is 16.3. The van der Waals surface area contributed by atoms with E-state index in [0.717, 1.165) is 44.3 Å². The quantitative estimate of drug-likeness (QED) is 0.891. The molecule has 5 heteroatoms. The maximum absolute atomic E-state index is 12.7. The van der Waals surface area contributed by atoms with Crippen LogP contribution in [-0.2, 0) is 7.05 Å². The van der Waals surface area contributed by atoms with Crippen LogP contribution in [0.5, 0.6) is 0 Å². The predicted octanol–water partition coefficient (Wildman–Crippen LogP) is 1.49. The fourth-order valence-corrected chi connectivity index (χ4v) is 3.87. The summed E-state index contributed by atoms with van der Waals surface area (Å²) in [6.07, 6.45) is 6.64. The monoisotopic (exact) mass is 277 g/mol. The van der Waals surface area contributed by atoms with Crippen LogP contribution >= 0.6 is 0 Å². The Kier molecular flexibility index (Phi) is 3.54. The summed E-state index contributed by atoms with van der Waals surface area (Å²) >= 11 is 0. The maximum Gasteiger partial charge on any atom is 0.257 e. The van der Waals surface area contributed by atoms with Gasteiger partial charge in [-0.3, -0.25) is 9.48 Å². The van der Waals surface area contributed by atoms with Crippen LogP contribution in [0.4, 0.5) is 0 Å². The molecule has 110 valence electrons. The SMILES string of the molecule is Cc1nn(C)cc1C(=O)N1CCCC1C1CCCC1O. The zero-order valence-corrected chi connectivity index (χ0v) is 12.2. The van der Waals surface area contributed by atoms with E-state index < -0.39 is 0 Å². The van der Waals surface area contributed by atoms with Crippen LogP contribution in [0.3, 0.4) is 0 Å². The topological polar surface area (TPSA) is 58.4 Å².